The molecule has 0 saturated heterocycles. The number of esters is 1. The number of ketones is 1. The first-order valence-electron chi connectivity index (χ1n) is 8.44. The molecule has 0 bridgehead atoms. The number of hydrogen-bond acceptors (Lipinski definition) is 6. The SMILES string of the molecule is C=CC(=O)OCCCOc1ccc(C=C)c(C(=O)c2ccc([N+](=O)[O-])cc2)c1. The van der Waals surface area contributed by atoms with Gasteiger partial charge in [-0.2, -0.15) is 0 Å². The summed E-state index contributed by atoms with van der Waals surface area (Å²) in [5.41, 5.74) is 1.23. The maximum absolute atomic E-state index is 12.8. The van der Waals surface area contributed by atoms with Crippen LogP contribution in [0.5, 0.6) is 5.75 Å². The smallest absolute Gasteiger partial charge is 0.330 e. The molecule has 0 atom stereocenters. The Balaban J connectivity index is 2.10. The van der Waals surface area contributed by atoms with Crippen molar-refractivity contribution in [3.05, 3.63) is 88.5 Å². The number of non-ortho nitro benzene ring substituents is 1. The lowest BCUT2D eigenvalue weighted by atomic mass is 9.98. The molecule has 0 aliphatic rings. The minimum absolute atomic E-state index is 0.0882. The zero-order valence-electron chi connectivity index (χ0n) is 15.1. The minimum Gasteiger partial charge on any atom is -0.493 e. The Morgan fingerprint density at radius 1 is 1.07 bits per heavy atom. The fourth-order valence-electron chi connectivity index (χ4n) is 2.37. The highest BCUT2D eigenvalue weighted by Crippen LogP contribution is 2.23. The lowest BCUT2D eigenvalue weighted by Gasteiger charge is -2.10. The van der Waals surface area contributed by atoms with Gasteiger partial charge in [0.25, 0.3) is 5.69 Å². The average Bonchev–Trinajstić information content (AvgIpc) is 2.72. The number of benzene rings is 2. The molecule has 2 aromatic carbocycles. The van der Waals surface area contributed by atoms with Crippen molar-refractivity contribution >= 4 is 23.5 Å². The van der Waals surface area contributed by atoms with Gasteiger partial charge in [0.05, 0.1) is 18.1 Å². The Bertz CT molecular complexity index is 902. The Kier molecular flexibility index (Phi) is 7.21. The molecule has 2 rings (SSSR count). The van der Waals surface area contributed by atoms with Crippen LogP contribution in [0.3, 0.4) is 0 Å². The predicted octanol–water partition coefficient (Wildman–Crippen LogP) is 3.97. The van der Waals surface area contributed by atoms with Crippen LogP contribution in [0.2, 0.25) is 0 Å². The minimum atomic E-state index is -0.524. The third-order valence-corrected chi connectivity index (χ3v) is 3.80. The fourth-order valence-corrected chi connectivity index (χ4v) is 2.37. The van der Waals surface area contributed by atoms with E-state index in [4.69, 9.17) is 9.47 Å². The Morgan fingerprint density at radius 3 is 2.39 bits per heavy atom. The molecule has 0 saturated carbocycles. The highest BCUT2D eigenvalue weighted by atomic mass is 16.6. The molecule has 0 radical (unpaired) electrons. The molecule has 7 nitrogen and oxygen atoms in total. The van der Waals surface area contributed by atoms with Crippen molar-refractivity contribution in [2.75, 3.05) is 13.2 Å². The molecule has 0 heterocycles. The maximum Gasteiger partial charge on any atom is 0.330 e. The number of carbonyl (C=O) groups excluding carboxylic acids is 2. The summed E-state index contributed by atoms with van der Waals surface area (Å²) in [4.78, 5) is 34.0. The quantitative estimate of drug-likeness (QED) is 0.154. The maximum atomic E-state index is 12.8. The molecule has 0 aliphatic carbocycles. The van der Waals surface area contributed by atoms with Crippen molar-refractivity contribution in [3.63, 3.8) is 0 Å². The van der Waals surface area contributed by atoms with Crippen molar-refractivity contribution in [2.45, 2.75) is 6.42 Å². The molecule has 144 valence electrons. The molecule has 0 amide bonds. The van der Waals surface area contributed by atoms with E-state index in [1.165, 1.54) is 24.3 Å². The van der Waals surface area contributed by atoms with Crippen LogP contribution in [0.25, 0.3) is 6.08 Å². The van der Waals surface area contributed by atoms with E-state index in [0.29, 0.717) is 35.5 Å². The number of nitrogens with zero attached hydrogens (tertiary/aromatic N) is 1. The molecule has 2 aromatic rings. The lowest BCUT2D eigenvalue weighted by molar-refractivity contribution is -0.384. The van der Waals surface area contributed by atoms with E-state index in [0.717, 1.165) is 6.08 Å². The molecule has 28 heavy (non-hydrogen) atoms. The zero-order valence-corrected chi connectivity index (χ0v) is 15.1. The highest BCUT2D eigenvalue weighted by molar-refractivity contribution is 6.11. The topological polar surface area (TPSA) is 95.7 Å². The van der Waals surface area contributed by atoms with Crippen LogP contribution in [0.4, 0.5) is 5.69 Å². The van der Waals surface area contributed by atoms with E-state index in [-0.39, 0.29) is 18.1 Å². The summed E-state index contributed by atoms with van der Waals surface area (Å²) in [6.45, 7) is 7.51. The van der Waals surface area contributed by atoms with Crippen LogP contribution in [-0.2, 0) is 9.53 Å². The monoisotopic (exact) mass is 381 g/mol. The zero-order chi connectivity index (χ0) is 20.5. The van der Waals surface area contributed by atoms with Gasteiger partial charge in [-0.1, -0.05) is 25.3 Å². The molecule has 0 fully saturated rings. The van der Waals surface area contributed by atoms with E-state index < -0.39 is 10.9 Å². The van der Waals surface area contributed by atoms with E-state index in [1.54, 1.807) is 24.3 Å². The summed E-state index contributed by atoms with van der Waals surface area (Å²) >= 11 is 0. The van der Waals surface area contributed by atoms with Gasteiger partial charge >= 0.3 is 5.97 Å². The molecule has 0 spiro atoms. The summed E-state index contributed by atoms with van der Waals surface area (Å²) in [7, 11) is 0. The number of nitro benzene ring substituents is 1. The van der Waals surface area contributed by atoms with Gasteiger partial charge in [-0.3, -0.25) is 14.9 Å². The summed E-state index contributed by atoms with van der Waals surface area (Å²) in [5.74, 6) is -0.313. The van der Waals surface area contributed by atoms with E-state index in [1.807, 2.05) is 0 Å². The first-order chi connectivity index (χ1) is 13.5. The molecule has 0 aromatic heterocycles. The van der Waals surface area contributed by atoms with Gasteiger partial charge in [-0.05, 0) is 29.8 Å². The van der Waals surface area contributed by atoms with Gasteiger partial charge in [0.2, 0.25) is 0 Å². The van der Waals surface area contributed by atoms with Crippen LogP contribution in [0.1, 0.15) is 27.9 Å². The van der Waals surface area contributed by atoms with Crippen LogP contribution in [-0.4, -0.2) is 29.9 Å². The van der Waals surface area contributed by atoms with E-state index in [2.05, 4.69) is 13.2 Å². The molecular weight excluding hydrogens is 362 g/mol. The molecule has 0 N–H and O–H groups in total. The predicted molar refractivity (Wildman–Crippen MR) is 104 cm³/mol. The van der Waals surface area contributed by atoms with Gasteiger partial charge in [0.1, 0.15) is 5.75 Å². The second-order valence-electron chi connectivity index (χ2n) is 5.66. The van der Waals surface area contributed by atoms with Gasteiger partial charge in [0.15, 0.2) is 5.78 Å². The van der Waals surface area contributed by atoms with Crippen molar-refractivity contribution in [1.29, 1.82) is 0 Å². The Labute approximate surface area is 162 Å². The summed E-state index contributed by atoms with van der Waals surface area (Å²) in [5, 5.41) is 10.8. The highest BCUT2D eigenvalue weighted by Gasteiger charge is 2.15. The van der Waals surface area contributed by atoms with Crippen molar-refractivity contribution < 1.29 is 24.0 Å². The largest absolute Gasteiger partial charge is 0.493 e. The van der Waals surface area contributed by atoms with Gasteiger partial charge in [-0.25, -0.2) is 4.79 Å². The second kappa shape index (κ2) is 9.82. The van der Waals surface area contributed by atoms with Crippen molar-refractivity contribution in [3.8, 4) is 5.75 Å². The van der Waals surface area contributed by atoms with Crippen LogP contribution >= 0.6 is 0 Å². The molecular formula is C21H19NO6. The third kappa shape index (κ3) is 5.38. The van der Waals surface area contributed by atoms with E-state index >= 15 is 0 Å². The molecule has 0 aliphatic heterocycles. The third-order valence-electron chi connectivity index (χ3n) is 3.80. The Morgan fingerprint density at radius 2 is 1.79 bits per heavy atom. The normalized spacial score (nSPS) is 10.0. The van der Waals surface area contributed by atoms with E-state index in [9.17, 15) is 19.7 Å². The van der Waals surface area contributed by atoms with Crippen molar-refractivity contribution in [1.82, 2.24) is 0 Å². The summed E-state index contributed by atoms with van der Waals surface area (Å²) in [6.07, 6.45) is 3.12. The number of rotatable bonds is 10. The van der Waals surface area contributed by atoms with Crippen LogP contribution in [0, 0.1) is 10.1 Å². The lowest BCUT2D eigenvalue weighted by Crippen LogP contribution is -2.08. The van der Waals surface area contributed by atoms with Gasteiger partial charge in [-0.15, -0.1) is 0 Å². The fraction of sp³-hybridized carbons (Fsp3) is 0.143. The van der Waals surface area contributed by atoms with Gasteiger partial charge in [0, 0.05) is 35.8 Å². The number of ether oxygens (including phenoxy) is 2. The molecule has 7 heteroatoms. The average molecular weight is 381 g/mol. The Hall–Kier alpha value is -3.74. The first kappa shape index (κ1) is 20.6. The van der Waals surface area contributed by atoms with Crippen molar-refractivity contribution in [2.24, 2.45) is 0 Å². The van der Waals surface area contributed by atoms with Gasteiger partial charge < -0.3 is 9.47 Å². The summed E-state index contributed by atoms with van der Waals surface area (Å²) < 4.78 is 10.5. The van der Waals surface area contributed by atoms with Crippen LogP contribution < -0.4 is 4.74 Å². The standard InChI is InChI=1S/C21H19NO6/c1-3-15-8-11-18(27-12-5-13-28-20(23)4-2)14-19(15)21(24)16-6-9-17(10-7-16)22(25)26/h3-4,6-11,14H,1-2,5,12-13H2. The second-order valence-corrected chi connectivity index (χ2v) is 5.66. The summed E-state index contributed by atoms with van der Waals surface area (Å²) in [6, 6.07) is 10.4. The number of carbonyl (C=O) groups is 2. The van der Waals surface area contributed by atoms with Crippen LogP contribution in [0.15, 0.2) is 61.7 Å². The number of nitro groups is 1. The first-order valence-corrected chi connectivity index (χ1v) is 8.44. The number of hydrogen-bond donors (Lipinski definition) is 0. The molecule has 0 unspecified atom stereocenters.